The molecule has 2 amide bonds. The Bertz CT molecular complexity index is 975. The highest BCUT2D eigenvalue weighted by atomic mass is 19.4. The molecule has 3 heterocycles. The van der Waals surface area contributed by atoms with Crippen molar-refractivity contribution in [3.05, 3.63) is 65.0 Å². The van der Waals surface area contributed by atoms with Gasteiger partial charge in [0.15, 0.2) is 0 Å². The molecule has 0 radical (unpaired) electrons. The van der Waals surface area contributed by atoms with Crippen LogP contribution in [0.5, 0.6) is 0 Å². The molecule has 2 aliphatic rings. The molecule has 1 aromatic heterocycles. The number of aromatic nitrogens is 1. The van der Waals surface area contributed by atoms with Crippen molar-refractivity contribution in [2.24, 2.45) is 0 Å². The normalized spacial score (nSPS) is 24.2. The number of nitrogens with one attached hydrogen (secondary N) is 1. The Balaban J connectivity index is 1.75. The fraction of sp³-hybridized carbons (Fsp3) is 0.435. The third-order valence-corrected chi connectivity index (χ3v) is 6.13. The van der Waals surface area contributed by atoms with Gasteiger partial charge in [-0.1, -0.05) is 18.6 Å². The molecule has 164 valence electrons. The van der Waals surface area contributed by atoms with Crippen molar-refractivity contribution in [1.82, 2.24) is 15.2 Å². The van der Waals surface area contributed by atoms with Gasteiger partial charge in [-0.3, -0.25) is 14.6 Å². The van der Waals surface area contributed by atoms with E-state index in [1.54, 1.807) is 23.1 Å². The second kappa shape index (κ2) is 8.32. The van der Waals surface area contributed by atoms with Gasteiger partial charge in [-0.05, 0) is 56.0 Å². The van der Waals surface area contributed by atoms with E-state index in [1.165, 1.54) is 12.3 Å². The van der Waals surface area contributed by atoms with Crippen molar-refractivity contribution in [3.8, 4) is 0 Å². The van der Waals surface area contributed by atoms with Gasteiger partial charge < -0.3 is 10.2 Å². The van der Waals surface area contributed by atoms with E-state index in [1.807, 2.05) is 6.92 Å². The van der Waals surface area contributed by atoms with Gasteiger partial charge in [0.2, 0.25) is 5.91 Å². The molecule has 0 saturated carbocycles. The molecule has 31 heavy (non-hydrogen) atoms. The fourth-order valence-corrected chi connectivity index (χ4v) is 4.60. The number of nitrogens with zero attached hydrogens (tertiary/aromatic N) is 2. The zero-order valence-corrected chi connectivity index (χ0v) is 17.2. The van der Waals surface area contributed by atoms with Gasteiger partial charge in [0.25, 0.3) is 5.91 Å². The number of aryl methyl sites for hydroxylation is 1. The molecule has 2 saturated heterocycles. The average molecular weight is 431 g/mol. The summed E-state index contributed by atoms with van der Waals surface area (Å²) < 4.78 is 40.0. The lowest BCUT2D eigenvalue weighted by molar-refractivity contribution is -0.137. The Kier molecular flexibility index (Phi) is 5.73. The van der Waals surface area contributed by atoms with Gasteiger partial charge in [0, 0.05) is 18.3 Å². The third kappa shape index (κ3) is 4.43. The Morgan fingerprint density at radius 1 is 1.19 bits per heavy atom. The zero-order chi connectivity index (χ0) is 22.2. The number of carbonyl (C=O) groups excluding carboxylic acids is 2. The summed E-state index contributed by atoms with van der Waals surface area (Å²) in [6.45, 7) is 1.82. The number of rotatable bonds is 2. The molecule has 1 N–H and O–H groups in total. The predicted molar refractivity (Wildman–Crippen MR) is 108 cm³/mol. The van der Waals surface area contributed by atoms with Crippen molar-refractivity contribution in [3.63, 3.8) is 0 Å². The molecule has 2 fully saturated rings. The monoisotopic (exact) mass is 431 g/mol. The van der Waals surface area contributed by atoms with Crippen molar-refractivity contribution in [2.75, 3.05) is 0 Å². The summed E-state index contributed by atoms with van der Waals surface area (Å²) in [6.07, 6.45) is 0.00857. The van der Waals surface area contributed by atoms with Crippen LogP contribution < -0.4 is 5.32 Å². The maximum absolute atomic E-state index is 13.5. The molecule has 0 spiro atoms. The van der Waals surface area contributed by atoms with E-state index >= 15 is 0 Å². The summed E-state index contributed by atoms with van der Waals surface area (Å²) in [5.41, 5.74) is 0.826. The standard InChI is InChI=1S/C23H24F3N3O2/c1-14-9-10-16(13-27-14)22(31)29-19-7-2-3-8-21(30)28-18(19)12-20(29)15-5-4-6-17(11-15)23(24,25)26/h4-6,9-11,13,18-20H,2-3,7-8,12H2,1H3,(H,28,30)/t18-,19+,20+/m1/s1. The molecule has 1 aromatic carbocycles. The number of halogens is 3. The number of benzene rings is 1. The first kappa shape index (κ1) is 21.3. The van der Waals surface area contributed by atoms with Crippen LogP contribution in [0.15, 0.2) is 42.6 Å². The van der Waals surface area contributed by atoms with E-state index in [9.17, 15) is 22.8 Å². The molecule has 5 nitrogen and oxygen atoms in total. The Morgan fingerprint density at radius 3 is 2.71 bits per heavy atom. The van der Waals surface area contributed by atoms with Crippen molar-refractivity contribution in [1.29, 1.82) is 0 Å². The van der Waals surface area contributed by atoms with Gasteiger partial charge in [-0.15, -0.1) is 0 Å². The molecule has 2 aromatic rings. The molecule has 0 aliphatic carbocycles. The van der Waals surface area contributed by atoms with Gasteiger partial charge in [-0.2, -0.15) is 13.2 Å². The van der Waals surface area contributed by atoms with E-state index in [2.05, 4.69) is 10.3 Å². The van der Waals surface area contributed by atoms with Crippen LogP contribution >= 0.6 is 0 Å². The van der Waals surface area contributed by atoms with Crippen LogP contribution in [-0.2, 0) is 11.0 Å². The average Bonchev–Trinajstić information content (AvgIpc) is 3.06. The van der Waals surface area contributed by atoms with Crippen LogP contribution in [0, 0.1) is 6.92 Å². The van der Waals surface area contributed by atoms with E-state index in [4.69, 9.17) is 0 Å². The molecule has 2 aliphatic heterocycles. The number of fused-ring (bicyclic) bond motifs is 1. The van der Waals surface area contributed by atoms with Gasteiger partial charge in [-0.25, -0.2) is 0 Å². The maximum atomic E-state index is 13.5. The van der Waals surface area contributed by atoms with E-state index in [0.717, 1.165) is 30.7 Å². The lowest BCUT2D eigenvalue weighted by atomic mass is 9.97. The van der Waals surface area contributed by atoms with Gasteiger partial charge >= 0.3 is 6.18 Å². The highest BCUT2D eigenvalue weighted by Gasteiger charge is 2.46. The summed E-state index contributed by atoms with van der Waals surface area (Å²) in [5, 5.41) is 3.00. The van der Waals surface area contributed by atoms with Crippen molar-refractivity contribution < 1.29 is 22.8 Å². The Morgan fingerprint density at radius 2 is 2.00 bits per heavy atom. The second-order valence-corrected chi connectivity index (χ2v) is 8.26. The van der Waals surface area contributed by atoms with Crippen LogP contribution in [0.1, 0.15) is 65.3 Å². The van der Waals surface area contributed by atoms with Crippen molar-refractivity contribution in [2.45, 2.75) is 63.3 Å². The highest BCUT2D eigenvalue weighted by molar-refractivity contribution is 5.95. The van der Waals surface area contributed by atoms with Gasteiger partial charge in [0.05, 0.1) is 29.3 Å². The van der Waals surface area contributed by atoms with E-state index < -0.39 is 17.8 Å². The minimum atomic E-state index is -4.47. The Labute approximate surface area is 178 Å². The summed E-state index contributed by atoms with van der Waals surface area (Å²) in [5.74, 6) is -0.360. The fourth-order valence-electron chi connectivity index (χ4n) is 4.60. The van der Waals surface area contributed by atoms with Crippen LogP contribution in [0.4, 0.5) is 13.2 Å². The zero-order valence-electron chi connectivity index (χ0n) is 17.2. The summed E-state index contributed by atoms with van der Waals surface area (Å²) in [7, 11) is 0. The van der Waals surface area contributed by atoms with E-state index in [-0.39, 0.29) is 23.9 Å². The molecular formula is C23H24F3N3O2. The number of hydrogen-bond acceptors (Lipinski definition) is 3. The molecule has 0 unspecified atom stereocenters. The molecule has 0 bridgehead atoms. The molecule has 4 rings (SSSR count). The van der Waals surface area contributed by atoms with Crippen LogP contribution in [0.2, 0.25) is 0 Å². The topological polar surface area (TPSA) is 62.3 Å². The smallest absolute Gasteiger partial charge is 0.351 e. The van der Waals surface area contributed by atoms with Crippen LogP contribution in [0.3, 0.4) is 0 Å². The van der Waals surface area contributed by atoms with Crippen molar-refractivity contribution >= 4 is 11.8 Å². The number of likely N-dealkylation sites (tertiary alicyclic amines) is 1. The first-order chi connectivity index (χ1) is 14.7. The minimum Gasteiger partial charge on any atom is -0.351 e. The third-order valence-electron chi connectivity index (χ3n) is 6.13. The number of alkyl halides is 3. The SMILES string of the molecule is Cc1ccc(C(=O)N2[C@H](c3cccc(C(F)(F)F)c3)C[C@H]3NC(=O)CCCC[C@@H]32)cn1. The quantitative estimate of drug-likeness (QED) is 0.766. The lowest BCUT2D eigenvalue weighted by Crippen LogP contribution is -2.48. The first-order valence-electron chi connectivity index (χ1n) is 10.5. The molecule has 3 atom stereocenters. The Hall–Kier alpha value is -2.90. The maximum Gasteiger partial charge on any atom is 0.416 e. The number of pyridine rings is 1. The molecule has 8 heteroatoms. The minimum absolute atomic E-state index is 0.0798. The van der Waals surface area contributed by atoms with E-state index in [0.29, 0.717) is 30.4 Å². The highest BCUT2D eigenvalue weighted by Crippen LogP contribution is 2.41. The second-order valence-electron chi connectivity index (χ2n) is 8.26. The summed E-state index contributed by atoms with van der Waals surface area (Å²) in [6, 6.07) is 7.40. The number of carbonyl (C=O) groups is 2. The lowest BCUT2D eigenvalue weighted by Gasteiger charge is -2.33. The summed E-state index contributed by atoms with van der Waals surface area (Å²) >= 11 is 0. The largest absolute Gasteiger partial charge is 0.416 e. The number of hydrogen-bond donors (Lipinski definition) is 1. The predicted octanol–water partition coefficient (Wildman–Crippen LogP) is 4.42. The summed E-state index contributed by atoms with van der Waals surface area (Å²) in [4.78, 5) is 31.6. The first-order valence-corrected chi connectivity index (χ1v) is 10.5. The number of amides is 2. The van der Waals surface area contributed by atoms with Crippen LogP contribution in [0.25, 0.3) is 0 Å². The van der Waals surface area contributed by atoms with Gasteiger partial charge in [0.1, 0.15) is 0 Å². The molecular weight excluding hydrogens is 407 g/mol. The van der Waals surface area contributed by atoms with Crippen LogP contribution in [-0.4, -0.2) is 33.8 Å².